The summed E-state index contributed by atoms with van der Waals surface area (Å²) in [6.07, 6.45) is 1.14. The Morgan fingerprint density at radius 3 is 2.37 bits per heavy atom. The number of ether oxygens (including phenoxy) is 1. The molecule has 0 aliphatic rings. The zero-order valence-corrected chi connectivity index (χ0v) is 16.9. The third kappa shape index (κ3) is 5.99. The number of carbonyl (C=O) groups excluding carboxylic acids is 1. The highest BCUT2D eigenvalue weighted by Gasteiger charge is 2.20. The summed E-state index contributed by atoms with van der Waals surface area (Å²) < 4.78 is 31.4. The second-order valence-corrected chi connectivity index (χ2v) is 8.49. The maximum absolute atomic E-state index is 12.4. The van der Waals surface area contributed by atoms with E-state index in [1.165, 1.54) is 4.31 Å². The van der Waals surface area contributed by atoms with E-state index in [4.69, 9.17) is 4.74 Å². The first-order valence-corrected chi connectivity index (χ1v) is 10.6. The summed E-state index contributed by atoms with van der Waals surface area (Å²) in [5.41, 5.74) is 1.98. The maximum atomic E-state index is 12.4. The molecule has 0 bridgehead atoms. The quantitative estimate of drug-likeness (QED) is 0.748. The molecule has 0 saturated heterocycles. The molecule has 0 aliphatic carbocycles. The van der Waals surface area contributed by atoms with E-state index in [1.54, 1.807) is 30.3 Å². The third-order valence-corrected chi connectivity index (χ3v) is 5.03. The van der Waals surface area contributed by atoms with Gasteiger partial charge in [0.25, 0.3) is 0 Å². The van der Waals surface area contributed by atoms with Crippen LogP contribution >= 0.6 is 0 Å². The number of aryl methyl sites for hydroxylation is 1. The molecule has 2 aromatic carbocycles. The molecule has 0 spiro atoms. The van der Waals surface area contributed by atoms with Crippen molar-refractivity contribution in [3.8, 4) is 5.75 Å². The SMILES string of the molecule is Cc1ccccc1N(CCC(=O)Nc1ccccc1OC(C)C)S(C)(=O)=O. The number of nitrogens with one attached hydrogen (secondary N) is 1. The van der Waals surface area contributed by atoms with Gasteiger partial charge in [-0.25, -0.2) is 8.42 Å². The summed E-state index contributed by atoms with van der Waals surface area (Å²) in [6, 6.07) is 14.4. The van der Waals surface area contributed by atoms with Gasteiger partial charge in [0.15, 0.2) is 0 Å². The van der Waals surface area contributed by atoms with E-state index < -0.39 is 10.0 Å². The molecular weight excluding hydrogens is 364 g/mol. The second kappa shape index (κ2) is 8.90. The van der Waals surface area contributed by atoms with Crippen molar-refractivity contribution in [2.24, 2.45) is 0 Å². The Hall–Kier alpha value is -2.54. The van der Waals surface area contributed by atoms with E-state index in [9.17, 15) is 13.2 Å². The standard InChI is InChI=1S/C20H26N2O4S/c1-15(2)26-19-12-8-6-10-17(19)21-20(23)13-14-22(27(4,24)25)18-11-7-5-9-16(18)3/h5-12,15H,13-14H2,1-4H3,(H,21,23). The molecule has 27 heavy (non-hydrogen) atoms. The monoisotopic (exact) mass is 390 g/mol. The number of amides is 1. The van der Waals surface area contributed by atoms with Gasteiger partial charge < -0.3 is 10.1 Å². The van der Waals surface area contributed by atoms with Crippen LogP contribution in [0.1, 0.15) is 25.8 Å². The van der Waals surface area contributed by atoms with Crippen molar-refractivity contribution in [3.05, 3.63) is 54.1 Å². The number of rotatable bonds is 8. The largest absolute Gasteiger partial charge is 0.489 e. The Kier molecular flexibility index (Phi) is 6.85. The molecule has 7 heteroatoms. The zero-order valence-electron chi connectivity index (χ0n) is 16.1. The van der Waals surface area contributed by atoms with Gasteiger partial charge >= 0.3 is 0 Å². The summed E-state index contributed by atoms with van der Waals surface area (Å²) in [4.78, 5) is 12.4. The molecule has 146 valence electrons. The third-order valence-electron chi connectivity index (χ3n) is 3.85. The van der Waals surface area contributed by atoms with Crippen molar-refractivity contribution in [2.45, 2.75) is 33.3 Å². The van der Waals surface area contributed by atoms with Crippen molar-refractivity contribution in [1.82, 2.24) is 0 Å². The van der Waals surface area contributed by atoms with Gasteiger partial charge in [-0.1, -0.05) is 30.3 Å². The number of para-hydroxylation sites is 3. The highest BCUT2D eigenvalue weighted by Crippen LogP contribution is 2.26. The maximum Gasteiger partial charge on any atom is 0.232 e. The number of carbonyl (C=O) groups is 1. The summed E-state index contributed by atoms with van der Waals surface area (Å²) >= 11 is 0. The first kappa shape index (κ1) is 20.8. The van der Waals surface area contributed by atoms with Crippen LogP contribution in [0.5, 0.6) is 5.75 Å². The van der Waals surface area contributed by atoms with Crippen LogP contribution in [0.15, 0.2) is 48.5 Å². The van der Waals surface area contributed by atoms with E-state index in [1.807, 2.05) is 39.0 Å². The topological polar surface area (TPSA) is 75.7 Å². The normalized spacial score (nSPS) is 11.3. The van der Waals surface area contributed by atoms with E-state index in [2.05, 4.69) is 5.32 Å². The first-order valence-electron chi connectivity index (χ1n) is 8.77. The van der Waals surface area contributed by atoms with E-state index in [-0.39, 0.29) is 25.0 Å². The second-order valence-electron chi connectivity index (χ2n) is 6.58. The highest BCUT2D eigenvalue weighted by atomic mass is 32.2. The van der Waals surface area contributed by atoms with Crippen LogP contribution in [0.2, 0.25) is 0 Å². The van der Waals surface area contributed by atoms with Crippen LogP contribution < -0.4 is 14.4 Å². The molecule has 0 aliphatic heterocycles. The molecule has 0 aromatic heterocycles. The number of anilines is 2. The van der Waals surface area contributed by atoms with Gasteiger partial charge in [-0.15, -0.1) is 0 Å². The van der Waals surface area contributed by atoms with Crippen LogP contribution in [0.3, 0.4) is 0 Å². The fraction of sp³-hybridized carbons (Fsp3) is 0.350. The molecule has 0 heterocycles. The van der Waals surface area contributed by atoms with Gasteiger partial charge in [-0.05, 0) is 44.5 Å². The fourth-order valence-electron chi connectivity index (χ4n) is 2.65. The lowest BCUT2D eigenvalue weighted by atomic mass is 10.2. The number of hydrogen-bond donors (Lipinski definition) is 1. The fourth-order valence-corrected chi connectivity index (χ4v) is 3.64. The first-order chi connectivity index (χ1) is 12.7. The number of nitrogens with zero attached hydrogens (tertiary/aromatic N) is 1. The van der Waals surface area contributed by atoms with Gasteiger partial charge in [0.1, 0.15) is 5.75 Å². The Labute approximate surface area is 161 Å². The Morgan fingerprint density at radius 1 is 1.11 bits per heavy atom. The average Bonchev–Trinajstić information content (AvgIpc) is 2.57. The van der Waals surface area contributed by atoms with Crippen molar-refractivity contribution in [3.63, 3.8) is 0 Å². The zero-order chi connectivity index (χ0) is 20.0. The number of sulfonamides is 1. The van der Waals surface area contributed by atoms with Crippen molar-refractivity contribution >= 4 is 27.3 Å². The lowest BCUT2D eigenvalue weighted by molar-refractivity contribution is -0.116. The van der Waals surface area contributed by atoms with Crippen LogP contribution in [0.25, 0.3) is 0 Å². The van der Waals surface area contributed by atoms with E-state index >= 15 is 0 Å². The molecule has 1 amide bonds. The molecule has 0 unspecified atom stereocenters. The van der Waals surface area contributed by atoms with Gasteiger partial charge in [0.2, 0.25) is 15.9 Å². The van der Waals surface area contributed by atoms with Crippen LogP contribution in [-0.4, -0.2) is 33.2 Å². The van der Waals surface area contributed by atoms with Crippen molar-refractivity contribution in [1.29, 1.82) is 0 Å². The molecule has 0 saturated carbocycles. The molecule has 0 fully saturated rings. The minimum atomic E-state index is -3.50. The summed E-state index contributed by atoms with van der Waals surface area (Å²) in [6.45, 7) is 5.71. The van der Waals surface area contributed by atoms with E-state index in [0.717, 1.165) is 11.8 Å². The van der Waals surface area contributed by atoms with Crippen LogP contribution in [0, 0.1) is 6.92 Å². The number of benzene rings is 2. The molecule has 6 nitrogen and oxygen atoms in total. The molecule has 2 aromatic rings. The smallest absolute Gasteiger partial charge is 0.232 e. The molecule has 2 rings (SSSR count). The van der Waals surface area contributed by atoms with Crippen molar-refractivity contribution in [2.75, 3.05) is 22.4 Å². The minimum Gasteiger partial charge on any atom is -0.489 e. The predicted molar refractivity (Wildman–Crippen MR) is 109 cm³/mol. The van der Waals surface area contributed by atoms with Gasteiger partial charge in [-0.2, -0.15) is 0 Å². The van der Waals surface area contributed by atoms with Gasteiger partial charge in [-0.3, -0.25) is 9.10 Å². The molecule has 1 N–H and O–H groups in total. The molecular formula is C20H26N2O4S. The Balaban J connectivity index is 2.10. The summed E-state index contributed by atoms with van der Waals surface area (Å²) in [5.74, 6) is 0.303. The van der Waals surface area contributed by atoms with Crippen LogP contribution in [-0.2, 0) is 14.8 Å². The predicted octanol–water partition coefficient (Wildman–Crippen LogP) is 3.58. The molecule has 0 atom stereocenters. The Morgan fingerprint density at radius 2 is 1.74 bits per heavy atom. The lowest BCUT2D eigenvalue weighted by Crippen LogP contribution is -2.33. The minimum absolute atomic E-state index is 0.0233. The summed E-state index contributed by atoms with van der Waals surface area (Å²) in [5, 5.41) is 2.80. The van der Waals surface area contributed by atoms with Crippen molar-refractivity contribution < 1.29 is 17.9 Å². The summed E-state index contributed by atoms with van der Waals surface area (Å²) in [7, 11) is -3.50. The lowest BCUT2D eigenvalue weighted by Gasteiger charge is -2.24. The number of hydrogen-bond acceptors (Lipinski definition) is 4. The average molecular weight is 391 g/mol. The van der Waals surface area contributed by atoms with Crippen LogP contribution in [0.4, 0.5) is 11.4 Å². The Bertz CT molecular complexity index is 894. The highest BCUT2D eigenvalue weighted by molar-refractivity contribution is 7.92. The van der Waals surface area contributed by atoms with Gasteiger partial charge in [0.05, 0.1) is 23.7 Å². The van der Waals surface area contributed by atoms with Gasteiger partial charge in [0, 0.05) is 13.0 Å². The molecule has 0 radical (unpaired) electrons. The van der Waals surface area contributed by atoms with E-state index in [0.29, 0.717) is 17.1 Å².